The fourth-order valence-corrected chi connectivity index (χ4v) is 6.90. The maximum atomic E-state index is 13.7. The molecule has 0 aliphatic carbocycles. The molecule has 5 heteroatoms. The smallest absolute Gasteiger partial charge is 0.279 e. The van der Waals surface area contributed by atoms with Crippen LogP contribution < -0.4 is 5.32 Å². The number of quaternary nitrogens is 1. The van der Waals surface area contributed by atoms with Crippen LogP contribution in [-0.4, -0.2) is 46.2 Å². The Morgan fingerprint density at radius 3 is 2.66 bits per heavy atom. The summed E-state index contributed by atoms with van der Waals surface area (Å²) < 4.78 is 0.574. The summed E-state index contributed by atoms with van der Waals surface area (Å²) in [5.74, 6) is 0.821. The molecular formula is C33H34N3O2+. The van der Waals surface area contributed by atoms with Gasteiger partial charge in [-0.15, -0.1) is 6.58 Å². The molecule has 0 saturated carbocycles. The van der Waals surface area contributed by atoms with Gasteiger partial charge >= 0.3 is 0 Å². The number of aliphatic hydroxyl groups excluding tert-OH is 1. The predicted molar refractivity (Wildman–Crippen MR) is 152 cm³/mol. The van der Waals surface area contributed by atoms with Crippen LogP contribution in [-0.2, 0) is 4.79 Å². The summed E-state index contributed by atoms with van der Waals surface area (Å²) in [6, 6.07) is 27.9. The minimum atomic E-state index is -0.680. The number of carbonyl (C=O) groups is 1. The van der Waals surface area contributed by atoms with E-state index in [4.69, 9.17) is 0 Å². The van der Waals surface area contributed by atoms with Gasteiger partial charge in [-0.3, -0.25) is 9.78 Å². The summed E-state index contributed by atoms with van der Waals surface area (Å²) >= 11 is 0. The number of anilines is 1. The second-order valence-electron chi connectivity index (χ2n) is 10.9. The van der Waals surface area contributed by atoms with Crippen molar-refractivity contribution in [1.82, 2.24) is 4.98 Å². The van der Waals surface area contributed by atoms with Gasteiger partial charge in [0.25, 0.3) is 5.91 Å². The summed E-state index contributed by atoms with van der Waals surface area (Å²) in [6.45, 7) is 6.15. The molecule has 2 N–H and O–H groups in total. The highest BCUT2D eigenvalue weighted by atomic mass is 16.3. The highest BCUT2D eigenvalue weighted by Crippen LogP contribution is 2.47. The second-order valence-corrected chi connectivity index (χ2v) is 10.9. The fourth-order valence-electron chi connectivity index (χ4n) is 6.90. The van der Waals surface area contributed by atoms with Crippen LogP contribution in [0.4, 0.5) is 5.69 Å². The zero-order valence-corrected chi connectivity index (χ0v) is 21.5. The third-order valence-corrected chi connectivity index (χ3v) is 8.79. The van der Waals surface area contributed by atoms with Crippen molar-refractivity contribution in [2.24, 2.45) is 11.8 Å². The SMILES string of the molecule is C=CC1C[N@+]2(CC(=O)Nc3ccccc3-c3ccccc3)CCC1CC2C(O)c1ccnc2ccccc12. The average Bonchev–Trinajstić information content (AvgIpc) is 2.97. The lowest BCUT2D eigenvalue weighted by Gasteiger charge is -2.57. The van der Waals surface area contributed by atoms with Crippen LogP contribution >= 0.6 is 0 Å². The van der Waals surface area contributed by atoms with E-state index in [2.05, 4.69) is 35.1 Å². The van der Waals surface area contributed by atoms with Crippen molar-refractivity contribution in [2.45, 2.75) is 25.0 Å². The second kappa shape index (κ2) is 10.2. The molecule has 3 aromatic carbocycles. The van der Waals surface area contributed by atoms with E-state index in [0.29, 0.717) is 22.9 Å². The zero-order valence-electron chi connectivity index (χ0n) is 21.5. The third kappa shape index (κ3) is 4.42. The molecule has 7 rings (SSSR count). The number of aliphatic hydroxyl groups is 1. The summed E-state index contributed by atoms with van der Waals surface area (Å²) in [6.07, 6.45) is 5.08. The average molecular weight is 505 g/mol. The zero-order chi connectivity index (χ0) is 26.1. The van der Waals surface area contributed by atoms with E-state index in [1.165, 1.54) is 0 Å². The van der Waals surface area contributed by atoms with Crippen LogP contribution in [0.5, 0.6) is 0 Å². The Morgan fingerprint density at radius 2 is 1.82 bits per heavy atom. The third-order valence-electron chi connectivity index (χ3n) is 8.79. The summed E-state index contributed by atoms with van der Waals surface area (Å²) in [5, 5.41) is 16.1. The van der Waals surface area contributed by atoms with Crippen molar-refractivity contribution in [2.75, 3.05) is 25.0 Å². The minimum absolute atomic E-state index is 0.0201. The molecule has 4 unspecified atom stereocenters. The Bertz CT molecular complexity index is 1460. The van der Waals surface area contributed by atoms with Crippen LogP contribution in [0.3, 0.4) is 0 Å². The van der Waals surface area contributed by atoms with Gasteiger partial charge in [-0.05, 0) is 35.2 Å². The standard InChI is InChI=1S/C33H33N3O2/c1-2-23-21-36(22-32(37)35-30-15-9-6-12-26(30)24-10-4-3-5-11-24)19-17-25(23)20-31(36)33(38)28-16-18-34-29-14-8-7-13-27(28)29/h2-16,18,23,25,31,33,38H,1,17,19-22H2/p+1/t23?,25?,31?,33?,36-/m0/s1. The van der Waals surface area contributed by atoms with E-state index in [1.54, 1.807) is 6.20 Å². The lowest BCUT2D eigenvalue weighted by molar-refractivity contribution is -0.966. The molecular weight excluding hydrogens is 470 g/mol. The van der Waals surface area contributed by atoms with E-state index in [0.717, 1.165) is 59.2 Å². The topological polar surface area (TPSA) is 62.2 Å². The minimum Gasteiger partial charge on any atom is -0.382 e. The van der Waals surface area contributed by atoms with Crippen molar-refractivity contribution < 1.29 is 14.4 Å². The number of pyridine rings is 1. The molecule has 0 spiro atoms. The van der Waals surface area contributed by atoms with Crippen LogP contribution in [0.25, 0.3) is 22.0 Å². The van der Waals surface area contributed by atoms with Gasteiger partial charge in [0.2, 0.25) is 0 Å². The first-order valence-electron chi connectivity index (χ1n) is 13.5. The Hall–Kier alpha value is -3.80. The van der Waals surface area contributed by atoms with E-state index < -0.39 is 6.10 Å². The molecule has 1 amide bonds. The van der Waals surface area contributed by atoms with Gasteiger partial charge in [-0.2, -0.15) is 0 Å². The quantitative estimate of drug-likeness (QED) is 0.240. The molecule has 3 aliphatic rings. The van der Waals surface area contributed by atoms with Crippen molar-refractivity contribution in [1.29, 1.82) is 0 Å². The van der Waals surface area contributed by atoms with Crippen molar-refractivity contribution in [3.63, 3.8) is 0 Å². The van der Waals surface area contributed by atoms with Gasteiger partial charge in [-0.25, -0.2) is 0 Å². The first-order chi connectivity index (χ1) is 18.6. The molecule has 5 atom stereocenters. The maximum absolute atomic E-state index is 13.7. The van der Waals surface area contributed by atoms with E-state index >= 15 is 0 Å². The number of amides is 1. The van der Waals surface area contributed by atoms with E-state index in [1.807, 2.05) is 72.8 Å². The van der Waals surface area contributed by atoms with Gasteiger partial charge < -0.3 is 14.9 Å². The molecule has 1 aromatic heterocycles. The molecule has 3 aliphatic heterocycles. The molecule has 4 heterocycles. The molecule has 0 radical (unpaired) electrons. The number of benzene rings is 3. The number of hydrogen-bond donors (Lipinski definition) is 2. The Balaban J connectivity index is 1.31. The number of carbonyl (C=O) groups excluding carboxylic acids is 1. The summed E-state index contributed by atoms with van der Waals surface area (Å²) in [5.41, 5.74) is 4.66. The summed E-state index contributed by atoms with van der Waals surface area (Å²) in [7, 11) is 0. The van der Waals surface area contributed by atoms with Crippen LogP contribution in [0.2, 0.25) is 0 Å². The van der Waals surface area contributed by atoms with Gasteiger partial charge in [-0.1, -0.05) is 72.8 Å². The van der Waals surface area contributed by atoms with Gasteiger partial charge in [0.05, 0.1) is 18.6 Å². The number of nitrogens with one attached hydrogen (secondary N) is 1. The van der Waals surface area contributed by atoms with Crippen molar-refractivity contribution >= 4 is 22.5 Å². The fraction of sp³-hybridized carbons (Fsp3) is 0.273. The lowest BCUT2D eigenvalue weighted by Crippen LogP contribution is -2.69. The van der Waals surface area contributed by atoms with Gasteiger partial charge in [0.15, 0.2) is 6.54 Å². The number of fused-ring (bicyclic) bond motifs is 4. The number of aromatic nitrogens is 1. The number of hydrogen-bond acceptors (Lipinski definition) is 3. The van der Waals surface area contributed by atoms with Crippen LogP contribution in [0.15, 0.2) is 104 Å². The molecule has 5 nitrogen and oxygen atoms in total. The largest absolute Gasteiger partial charge is 0.382 e. The number of para-hydroxylation sites is 2. The number of rotatable bonds is 7. The van der Waals surface area contributed by atoms with Gasteiger partial charge in [0.1, 0.15) is 12.1 Å². The summed E-state index contributed by atoms with van der Waals surface area (Å²) in [4.78, 5) is 18.2. The highest BCUT2D eigenvalue weighted by molar-refractivity contribution is 5.96. The Labute approximate surface area is 224 Å². The number of nitrogens with zero attached hydrogens (tertiary/aromatic N) is 2. The first kappa shape index (κ1) is 24.5. The molecule has 192 valence electrons. The van der Waals surface area contributed by atoms with Crippen LogP contribution in [0.1, 0.15) is 24.5 Å². The van der Waals surface area contributed by atoms with Crippen molar-refractivity contribution in [3.05, 3.63) is 109 Å². The molecule has 38 heavy (non-hydrogen) atoms. The molecule has 3 saturated heterocycles. The predicted octanol–water partition coefficient (Wildman–Crippen LogP) is 5.99. The maximum Gasteiger partial charge on any atom is 0.279 e. The molecule has 4 aromatic rings. The van der Waals surface area contributed by atoms with E-state index in [9.17, 15) is 9.90 Å². The monoisotopic (exact) mass is 504 g/mol. The Kier molecular flexibility index (Phi) is 6.56. The van der Waals surface area contributed by atoms with Crippen LogP contribution in [0, 0.1) is 11.8 Å². The highest BCUT2D eigenvalue weighted by Gasteiger charge is 2.54. The van der Waals surface area contributed by atoms with E-state index in [-0.39, 0.29) is 11.9 Å². The molecule has 3 fully saturated rings. The number of piperidine rings is 3. The van der Waals surface area contributed by atoms with Gasteiger partial charge in [0, 0.05) is 41.6 Å². The lowest BCUT2D eigenvalue weighted by atomic mass is 9.71. The van der Waals surface area contributed by atoms with Crippen molar-refractivity contribution in [3.8, 4) is 11.1 Å². The first-order valence-corrected chi connectivity index (χ1v) is 13.5. The molecule has 2 bridgehead atoms. The Morgan fingerprint density at radius 1 is 1.05 bits per heavy atom. The normalized spacial score (nSPS) is 25.1.